The molecule has 1 heterocycles. The summed E-state index contributed by atoms with van der Waals surface area (Å²) in [7, 11) is 0. The molecule has 1 aliphatic carbocycles. The van der Waals surface area contributed by atoms with E-state index >= 15 is 0 Å². The molecule has 0 N–H and O–H groups in total. The molecule has 0 bridgehead atoms. The van der Waals surface area contributed by atoms with Gasteiger partial charge in [-0.3, -0.25) is 14.4 Å². The van der Waals surface area contributed by atoms with Crippen molar-refractivity contribution in [2.75, 3.05) is 0 Å². The number of carbonyl (C=O) groups is 3. The lowest BCUT2D eigenvalue weighted by Gasteiger charge is -2.33. The summed E-state index contributed by atoms with van der Waals surface area (Å²) in [5.74, 6) is -2.41. The third-order valence-corrected chi connectivity index (χ3v) is 2.41. The van der Waals surface area contributed by atoms with Crippen LogP contribution >= 0.6 is 0 Å². The first kappa shape index (κ1) is 8.22. The summed E-state index contributed by atoms with van der Waals surface area (Å²) in [6.45, 7) is 1.27. The number of esters is 3. The van der Waals surface area contributed by atoms with E-state index in [2.05, 4.69) is 4.74 Å². The van der Waals surface area contributed by atoms with Crippen molar-refractivity contribution in [1.82, 2.24) is 0 Å². The van der Waals surface area contributed by atoms with E-state index in [0.717, 1.165) is 0 Å². The molecule has 0 aromatic heterocycles. The van der Waals surface area contributed by atoms with Gasteiger partial charge in [-0.05, 0) is 6.42 Å². The Labute approximate surface area is 74.0 Å². The molecule has 1 unspecified atom stereocenters. The molecule has 5 nitrogen and oxygen atoms in total. The van der Waals surface area contributed by atoms with Crippen molar-refractivity contribution in [3.8, 4) is 0 Å². The minimum absolute atomic E-state index is 0.378. The summed E-state index contributed by atoms with van der Waals surface area (Å²) in [6, 6.07) is 0. The highest BCUT2D eigenvalue weighted by molar-refractivity contribution is 5.98. The zero-order valence-electron chi connectivity index (χ0n) is 6.98. The first-order valence-electron chi connectivity index (χ1n) is 4.02. The molecule has 13 heavy (non-hydrogen) atoms. The van der Waals surface area contributed by atoms with Crippen LogP contribution < -0.4 is 0 Å². The standard InChI is InChI=1S/C8H8O5/c1-3(9)12-5-2-4-6(5)8(11)13-7(4)10/h4-6H,2H2,1H3/t4-,5?,6-/m1/s1. The lowest BCUT2D eigenvalue weighted by Crippen LogP contribution is -2.45. The fraction of sp³-hybridized carbons (Fsp3) is 0.625. The summed E-state index contributed by atoms with van der Waals surface area (Å²) in [6.07, 6.45) is -0.0455. The molecule has 1 aliphatic heterocycles. The Kier molecular flexibility index (Phi) is 1.61. The fourth-order valence-electron chi connectivity index (χ4n) is 1.74. The van der Waals surface area contributed by atoms with Gasteiger partial charge in [-0.15, -0.1) is 0 Å². The second-order valence-corrected chi connectivity index (χ2v) is 3.26. The van der Waals surface area contributed by atoms with Crippen LogP contribution in [0.3, 0.4) is 0 Å². The van der Waals surface area contributed by atoms with Crippen LogP contribution in [0.25, 0.3) is 0 Å². The molecule has 70 valence electrons. The summed E-state index contributed by atoms with van der Waals surface area (Å²) in [4.78, 5) is 32.5. The summed E-state index contributed by atoms with van der Waals surface area (Å²) in [5, 5.41) is 0. The van der Waals surface area contributed by atoms with Crippen LogP contribution in [0.4, 0.5) is 0 Å². The molecular formula is C8H8O5. The highest BCUT2D eigenvalue weighted by Crippen LogP contribution is 2.43. The van der Waals surface area contributed by atoms with Gasteiger partial charge in [0.25, 0.3) is 0 Å². The van der Waals surface area contributed by atoms with Gasteiger partial charge in [-0.1, -0.05) is 0 Å². The number of cyclic esters (lactones) is 2. The van der Waals surface area contributed by atoms with Crippen LogP contribution in [0.5, 0.6) is 0 Å². The van der Waals surface area contributed by atoms with Crippen molar-refractivity contribution in [2.45, 2.75) is 19.4 Å². The van der Waals surface area contributed by atoms with E-state index in [4.69, 9.17) is 4.74 Å². The van der Waals surface area contributed by atoms with Crippen molar-refractivity contribution < 1.29 is 23.9 Å². The molecule has 0 aromatic rings. The highest BCUT2D eigenvalue weighted by Gasteiger charge is 2.58. The van der Waals surface area contributed by atoms with E-state index in [1.165, 1.54) is 6.92 Å². The first-order valence-corrected chi connectivity index (χ1v) is 4.02. The molecule has 0 amide bonds. The zero-order chi connectivity index (χ0) is 9.59. The predicted octanol–water partition coefficient (Wildman–Crippen LogP) is -0.362. The van der Waals surface area contributed by atoms with Gasteiger partial charge in [0.1, 0.15) is 12.0 Å². The Bertz CT molecular complexity index is 295. The quantitative estimate of drug-likeness (QED) is 0.411. The Morgan fingerprint density at radius 3 is 2.69 bits per heavy atom. The molecule has 3 atom stereocenters. The third-order valence-electron chi connectivity index (χ3n) is 2.41. The average Bonchev–Trinajstić information content (AvgIpc) is 2.15. The van der Waals surface area contributed by atoms with Gasteiger partial charge in [-0.2, -0.15) is 0 Å². The molecular weight excluding hydrogens is 176 g/mol. The predicted molar refractivity (Wildman–Crippen MR) is 38.3 cm³/mol. The second-order valence-electron chi connectivity index (χ2n) is 3.26. The Morgan fingerprint density at radius 1 is 1.46 bits per heavy atom. The largest absolute Gasteiger partial charge is 0.462 e. The number of hydrogen-bond acceptors (Lipinski definition) is 5. The molecule has 2 aliphatic rings. The second kappa shape index (κ2) is 2.55. The van der Waals surface area contributed by atoms with Gasteiger partial charge in [0, 0.05) is 6.92 Å². The van der Waals surface area contributed by atoms with Gasteiger partial charge in [0.2, 0.25) is 0 Å². The monoisotopic (exact) mass is 184 g/mol. The number of ether oxygens (including phenoxy) is 2. The smallest absolute Gasteiger partial charge is 0.321 e. The minimum Gasteiger partial charge on any atom is -0.462 e. The van der Waals surface area contributed by atoms with Crippen LogP contribution in [0.1, 0.15) is 13.3 Å². The molecule has 1 saturated heterocycles. The third kappa shape index (κ3) is 1.11. The Morgan fingerprint density at radius 2 is 2.15 bits per heavy atom. The molecule has 0 aromatic carbocycles. The maximum atomic E-state index is 11.0. The lowest BCUT2D eigenvalue weighted by molar-refractivity contribution is -0.163. The van der Waals surface area contributed by atoms with Crippen molar-refractivity contribution in [1.29, 1.82) is 0 Å². The van der Waals surface area contributed by atoms with Gasteiger partial charge < -0.3 is 9.47 Å². The first-order chi connectivity index (χ1) is 6.09. The topological polar surface area (TPSA) is 69.7 Å². The van der Waals surface area contributed by atoms with Crippen LogP contribution in [0.15, 0.2) is 0 Å². The number of hydrogen-bond donors (Lipinski definition) is 0. The van der Waals surface area contributed by atoms with Gasteiger partial charge in [0.15, 0.2) is 0 Å². The zero-order valence-corrected chi connectivity index (χ0v) is 6.98. The minimum atomic E-state index is -0.562. The molecule has 2 fully saturated rings. The summed E-state index contributed by atoms with van der Waals surface area (Å²) < 4.78 is 9.22. The van der Waals surface area contributed by atoms with E-state index in [0.29, 0.717) is 6.42 Å². The molecule has 0 radical (unpaired) electrons. The highest BCUT2D eigenvalue weighted by atomic mass is 16.6. The van der Waals surface area contributed by atoms with Gasteiger partial charge in [-0.25, -0.2) is 0 Å². The SMILES string of the molecule is CC(=O)OC1C[C@H]2C(=O)OC(=O)[C@@H]12. The lowest BCUT2D eigenvalue weighted by atomic mass is 9.72. The van der Waals surface area contributed by atoms with Crippen LogP contribution in [-0.4, -0.2) is 24.0 Å². The molecule has 1 saturated carbocycles. The fourth-order valence-corrected chi connectivity index (χ4v) is 1.74. The molecule has 0 spiro atoms. The van der Waals surface area contributed by atoms with Crippen LogP contribution in [0.2, 0.25) is 0 Å². The van der Waals surface area contributed by atoms with Crippen molar-refractivity contribution in [2.24, 2.45) is 11.8 Å². The van der Waals surface area contributed by atoms with Crippen molar-refractivity contribution in [3.05, 3.63) is 0 Å². The van der Waals surface area contributed by atoms with E-state index in [9.17, 15) is 14.4 Å². The van der Waals surface area contributed by atoms with Crippen molar-refractivity contribution in [3.63, 3.8) is 0 Å². The number of carbonyl (C=O) groups excluding carboxylic acids is 3. The summed E-state index contributed by atoms with van der Waals surface area (Å²) in [5.41, 5.74) is 0. The van der Waals surface area contributed by atoms with Gasteiger partial charge >= 0.3 is 17.9 Å². The van der Waals surface area contributed by atoms with Gasteiger partial charge in [0.05, 0.1) is 5.92 Å². The maximum Gasteiger partial charge on any atom is 0.321 e. The average molecular weight is 184 g/mol. The normalized spacial score (nSPS) is 36.2. The van der Waals surface area contributed by atoms with E-state index in [1.54, 1.807) is 0 Å². The van der Waals surface area contributed by atoms with E-state index in [1.807, 2.05) is 0 Å². The Hall–Kier alpha value is -1.39. The maximum absolute atomic E-state index is 11.0. The van der Waals surface area contributed by atoms with Crippen LogP contribution in [0, 0.1) is 11.8 Å². The summed E-state index contributed by atoms with van der Waals surface area (Å²) >= 11 is 0. The number of fused-ring (bicyclic) bond motifs is 1. The Balaban J connectivity index is 2.04. The molecule has 5 heteroatoms. The molecule has 2 rings (SSSR count). The number of rotatable bonds is 1. The van der Waals surface area contributed by atoms with Crippen LogP contribution in [-0.2, 0) is 23.9 Å². The van der Waals surface area contributed by atoms with E-state index in [-0.39, 0.29) is 5.92 Å². The van der Waals surface area contributed by atoms with E-state index < -0.39 is 29.9 Å². The van der Waals surface area contributed by atoms with Crippen molar-refractivity contribution >= 4 is 17.9 Å².